The van der Waals surface area contributed by atoms with Crippen molar-refractivity contribution in [3.8, 4) is 0 Å². The second kappa shape index (κ2) is 4.43. The Bertz CT molecular complexity index is 630. The molecule has 0 spiro atoms. The van der Waals surface area contributed by atoms with Gasteiger partial charge in [-0.2, -0.15) is 11.3 Å². The fourth-order valence-corrected chi connectivity index (χ4v) is 3.95. The van der Waals surface area contributed by atoms with Gasteiger partial charge in [-0.15, -0.1) is 11.3 Å². The number of nitrogens with one attached hydrogen (secondary N) is 1. The minimum atomic E-state index is -3.88. The van der Waals surface area contributed by atoms with Crippen molar-refractivity contribution in [1.29, 1.82) is 0 Å². The number of sulfonamides is 1. The molecule has 17 heavy (non-hydrogen) atoms. The molecule has 0 bridgehead atoms. The molecular formula is C8H6N2O4S3. The molecule has 2 aromatic heterocycles. The van der Waals surface area contributed by atoms with Crippen LogP contribution in [0.2, 0.25) is 0 Å². The number of rotatable bonds is 4. The minimum absolute atomic E-state index is 0.295. The number of hydrogen-bond donors (Lipinski definition) is 2. The van der Waals surface area contributed by atoms with Crippen LogP contribution in [0.15, 0.2) is 26.5 Å². The third kappa shape index (κ3) is 2.46. The number of aromatic carboxylic acids is 1. The summed E-state index contributed by atoms with van der Waals surface area (Å²) in [7, 11) is -3.88. The molecule has 0 unspecified atom stereocenters. The van der Waals surface area contributed by atoms with Crippen molar-refractivity contribution in [2.24, 2.45) is 0 Å². The highest BCUT2D eigenvalue weighted by molar-refractivity contribution is 7.94. The van der Waals surface area contributed by atoms with Gasteiger partial charge in [0.1, 0.15) is 0 Å². The van der Waals surface area contributed by atoms with Crippen LogP contribution in [0.4, 0.5) is 5.69 Å². The Kier molecular flexibility index (Phi) is 3.13. The first-order valence-corrected chi connectivity index (χ1v) is 7.53. The lowest BCUT2D eigenvalue weighted by Crippen LogP contribution is -2.14. The number of thiophene rings is 1. The van der Waals surface area contributed by atoms with E-state index in [0.29, 0.717) is 5.69 Å². The molecule has 90 valence electrons. The molecule has 0 aliphatic heterocycles. The van der Waals surface area contributed by atoms with Crippen LogP contribution < -0.4 is 4.72 Å². The molecule has 0 aromatic carbocycles. The summed E-state index contributed by atoms with van der Waals surface area (Å²) < 4.78 is 25.8. The standard InChI is InChI=1S/C8H6N2O4S3/c11-7(12)6-8(16-4-9-6)17(13,14)10-5-1-2-15-3-5/h1-4,10H,(H,11,12). The van der Waals surface area contributed by atoms with Gasteiger partial charge >= 0.3 is 5.97 Å². The van der Waals surface area contributed by atoms with E-state index in [2.05, 4.69) is 9.71 Å². The second-order valence-electron chi connectivity index (χ2n) is 2.91. The van der Waals surface area contributed by atoms with Gasteiger partial charge in [-0.25, -0.2) is 18.2 Å². The van der Waals surface area contributed by atoms with Gasteiger partial charge in [-0.1, -0.05) is 0 Å². The maximum atomic E-state index is 11.9. The van der Waals surface area contributed by atoms with Crippen molar-refractivity contribution in [3.63, 3.8) is 0 Å². The fourth-order valence-electron chi connectivity index (χ4n) is 1.09. The fraction of sp³-hybridized carbons (Fsp3) is 0. The lowest BCUT2D eigenvalue weighted by Gasteiger charge is -2.03. The van der Waals surface area contributed by atoms with Gasteiger partial charge in [0.15, 0.2) is 9.90 Å². The molecule has 9 heteroatoms. The van der Waals surface area contributed by atoms with Gasteiger partial charge in [0.2, 0.25) is 0 Å². The molecule has 2 N–H and O–H groups in total. The largest absolute Gasteiger partial charge is 0.476 e. The average molecular weight is 290 g/mol. The van der Waals surface area contributed by atoms with Crippen LogP contribution in [0.25, 0.3) is 0 Å². The highest BCUT2D eigenvalue weighted by atomic mass is 32.2. The number of carbonyl (C=O) groups is 1. The first-order chi connectivity index (χ1) is 8.00. The third-order valence-corrected chi connectivity index (χ3v) is 5.19. The molecule has 2 rings (SSSR count). The van der Waals surface area contributed by atoms with E-state index in [9.17, 15) is 13.2 Å². The van der Waals surface area contributed by atoms with E-state index in [0.717, 1.165) is 11.3 Å². The van der Waals surface area contributed by atoms with Crippen LogP contribution >= 0.6 is 22.7 Å². The molecule has 0 atom stereocenters. The average Bonchev–Trinajstić information content (AvgIpc) is 2.84. The number of carboxylic acids is 1. The second-order valence-corrected chi connectivity index (χ2v) is 6.42. The summed E-state index contributed by atoms with van der Waals surface area (Å²) in [5, 5.41) is 12.1. The summed E-state index contributed by atoms with van der Waals surface area (Å²) in [4.78, 5) is 14.3. The molecule has 0 aliphatic carbocycles. The third-order valence-electron chi connectivity index (χ3n) is 1.75. The molecule has 6 nitrogen and oxygen atoms in total. The van der Waals surface area contributed by atoms with E-state index < -0.39 is 21.7 Å². The summed E-state index contributed by atoms with van der Waals surface area (Å²) >= 11 is 2.10. The van der Waals surface area contributed by atoms with Crippen molar-refractivity contribution >= 4 is 44.4 Å². The molecule has 2 aromatic rings. The summed E-state index contributed by atoms with van der Waals surface area (Å²) in [5.41, 5.74) is 1.13. The van der Waals surface area contributed by atoms with Crippen LogP contribution in [-0.2, 0) is 10.0 Å². The van der Waals surface area contributed by atoms with Crippen LogP contribution in [-0.4, -0.2) is 24.5 Å². The highest BCUT2D eigenvalue weighted by Crippen LogP contribution is 2.24. The highest BCUT2D eigenvalue weighted by Gasteiger charge is 2.25. The number of thiazole rings is 1. The van der Waals surface area contributed by atoms with E-state index >= 15 is 0 Å². The van der Waals surface area contributed by atoms with Crippen molar-refractivity contribution < 1.29 is 18.3 Å². The van der Waals surface area contributed by atoms with E-state index in [4.69, 9.17) is 5.11 Å². The SMILES string of the molecule is O=C(O)c1ncsc1S(=O)(=O)Nc1ccsc1. The van der Waals surface area contributed by atoms with E-state index in [-0.39, 0.29) is 4.21 Å². The maximum absolute atomic E-state index is 11.9. The van der Waals surface area contributed by atoms with Crippen molar-refractivity contribution in [2.45, 2.75) is 4.21 Å². The monoisotopic (exact) mass is 290 g/mol. The number of nitrogens with zero attached hydrogens (tertiary/aromatic N) is 1. The number of aromatic nitrogens is 1. The summed E-state index contributed by atoms with van der Waals surface area (Å²) in [6, 6.07) is 1.59. The molecule has 0 fully saturated rings. The topological polar surface area (TPSA) is 96.4 Å². The van der Waals surface area contributed by atoms with Gasteiger partial charge in [-0.05, 0) is 11.4 Å². The smallest absolute Gasteiger partial charge is 0.356 e. The zero-order chi connectivity index (χ0) is 12.5. The van der Waals surface area contributed by atoms with Gasteiger partial charge in [0.05, 0.1) is 11.2 Å². The Hall–Kier alpha value is -1.45. The number of hydrogen-bond acceptors (Lipinski definition) is 6. The molecule has 2 heterocycles. The van der Waals surface area contributed by atoms with Gasteiger partial charge in [-0.3, -0.25) is 4.72 Å². The first kappa shape index (κ1) is 12.0. The lowest BCUT2D eigenvalue weighted by molar-refractivity contribution is 0.0687. The Labute approximate surface area is 105 Å². The Morgan fingerprint density at radius 3 is 2.82 bits per heavy atom. The molecule has 0 saturated carbocycles. The minimum Gasteiger partial charge on any atom is -0.476 e. The molecular weight excluding hydrogens is 284 g/mol. The summed E-state index contributed by atoms with van der Waals surface area (Å²) in [6.07, 6.45) is 0. The Balaban J connectivity index is 2.38. The van der Waals surface area contributed by atoms with Crippen molar-refractivity contribution in [1.82, 2.24) is 4.98 Å². The van der Waals surface area contributed by atoms with E-state index in [1.807, 2.05) is 0 Å². The quantitative estimate of drug-likeness (QED) is 0.893. The summed E-state index contributed by atoms with van der Waals surface area (Å²) in [5.74, 6) is -1.36. The van der Waals surface area contributed by atoms with Crippen LogP contribution in [0, 0.1) is 0 Å². The molecule has 0 radical (unpaired) electrons. The predicted octanol–water partition coefficient (Wildman–Crippen LogP) is 1.70. The Morgan fingerprint density at radius 1 is 1.47 bits per heavy atom. The van der Waals surface area contributed by atoms with Crippen LogP contribution in [0.3, 0.4) is 0 Å². The van der Waals surface area contributed by atoms with Crippen LogP contribution in [0.1, 0.15) is 10.5 Å². The van der Waals surface area contributed by atoms with Crippen molar-refractivity contribution in [2.75, 3.05) is 4.72 Å². The zero-order valence-electron chi connectivity index (χ0n) is 8.15. The normalized spacial score (nSPS) is 11.3. The predicted molar refractivity (Wildman–Crippen MR) is 64.2 cm³/mol. The van der Waals surface area contributed by atoms with Crippen LogP contribution in [0.5, 0.6) is 0 Å². The zero-order valence-corrected chi connectivity index (χ0v) is 10.6. The Morgan fingerprint density at radius 2 is 2.24 bits per heavy atom. The lowest BCUT2D eigenvalue weighted by atomic mass is 10.5. The number of carboxylic acid groups (broad SMARTS) is 1. The maximum Gasteiger partial charge on any atom is 0.356 e. The molecule has 0 amide bonds. The van der Waals surface area contributed by atoms with Crippen molar-refractivity contribution in [3.05, 3.63) is 28.0 Å². The van der Waals surface area contributed by atoms with E-state index in [1.165, 1.54) is 16.8 Å². The van der Waals surface area contributed by atoms with E-state index in [1.54, 1.807) is 16.8 Å². The first-order valence-electron chi connectivity index (χ1n) is 4.22. The molecule has 0 aliphatic rings. The number of anilines is 1. The summed E-state index contributed by atoms with van der Waals surface area (Å²) in [6.45, 7) is 0. The molecule has 0 saturated heterocycles. The van der Waals surface area contributed by atoms with Gasteiger partial charge in [0.25, 0.3) is 10.0 Å². The van der Waals surface area contributed by atoms with Gasteiger partial charge in [0, 0.05) is 5.38 Å². The van der Waals surface area contributed by atoms with Gasteiger partial charge < -0.3 is 5.11 Å².